The van der Waals surface area contributed by atoms with Crippen molar-refractivity contribution in [2.24, 2.45) is 0 Å². The fraction of sp³-hybridized carbons (Fsp3) is 0.300. The van der Waals surface area contributed by atoms with Crippen LogP contribution < -0.4 is 5.32 Å². The molecular formula is C10H12N2O4S2. The van der Waals surface area contributed by atoms with Crippen LogP contribution in [0, 0.1) is 0 Å². The van der Waals surface area contributed by atoms with Crippen LogP contribution in [-0.4, -0.2) is 45.5 Å². The van der Waals surface area contributed by atoms with Gasteiger partial charge in [0.15, 0.2) is 0 Å². The fourth-order valence-corrected chi connectivity index (χ4v) is 3.08. The number of nitrogens with zero attached hydrogens (tertiary/aromatic N) is 1. The molecule has 0 aliphatic heterocycles. The molecule has 0 aromatic carbocycles. The number of carboxylic acids is 2. The highest BCUT2D eigenvalue weighted by atomic mass is 33.1. The molecule has 1 aromatic rings. The molecule has 0 spiro atoms. The minimum absolute atomic E-state index is 0.254. The van der Waals surface area contributed by atoms with E-state index in [0.29, 0.717) is 0 Å². The van der Waals surface area contributed by atoms with Gasteiger partial charge in [-0.25, -0.2) is 4.98 Å². The van der Waals surface area contributed by atoms with Gasteiger partial charge < -0.3 is 10.2 Å². The van der Waals surface area contributed by atoms with Crippen molar-refractivity contribution in [3.05, 3.63) is 24.4 Å². The summed E-state index contributed by atoms with van der Waals surface area (Å²) in [5.74, 6) is -1.89. The lowest BCUT2D eigenvalue weighted by molar-refractivity contribution is -0.139. The average Bonchev–Trinajstić information content (AvgIpc) is 2.34. The van der Waals surface area contributed by atoms with Crippen LogP contribution in [0.2, 0.25) is 0 Å². The largest absolute Gasteiger partial charge is 0.480 e. The molecule has 1 heterocycles. The summed E-state index contributed by atoms with van der Waals surface area (Å²) < 4.78 is 0. The molecule has 1 aromatic heterocycles. The van der Waals surface area contributed by atoms with Crippen LogP contribution in [0.5, 0.6) is 0 Å². The Morgan fingerprint density at radius 3 is 2.72 bits per heavy atom. The summed E-state index contributed by atoms with van der Waals surface area (Å²) in [5.41, 5.74) is 0. The molecule has 0 aliphatic carbocycles. The maximum atomic E-state index is 10.9. The summed E-state index contributed by atoms with van der Waals surface area (Å²) >= 11 is 0. The van der Waals surface area contributed by atoms with Gasteiger partial charge in [0.2, 0.25) is 0 Å². The normalized spacial score (nSPS) is 12.0. The van der Waals surface area contributed by atoms with Crippen LogP contribution in [0.15, 0.2) is 29.4 Å². The Balaban J connectivity index is 2.34. The van der Waals surface area contributed by atoms with Crippen LogP contribution in [-0.2, 0) is 9.59 Å². The van der Waals surface area contributed by atoms with E-state index >= 15 is 0 Å². The number of nitrogens with one attached hydrogen (secondary N) is 1. The lowest BCUT2D eigenvalue weighted by atomic mass is 10.3. The van der Waals surface area contributed by atoms with Crippen molar-refractivity contribution in [2.75, 3.05) is 12.3 Å². The summed E-state index contributed by atoms with van der Waals surface area (Å²) in [6.07, 6.45) is 1.65. The Labute approximate surface area is 112 Å². The monoisotopic (exact) mass is 288 g/mol. The molecule has 3 N–H and O–H groups in total. The van der Waals surface area contributed by atoms with Gasteiger partial charge in [0.1, 0.15) is 11.1 Å². The topological polar surface area (TPSA) is 99.5 Å². The Hall–Kier alpha value is -1.25. The number of carboxylic acid groups (broad SMARTS) is 2. The molecule has 0 bridgehead atoms. The van der Waals surface area contributed by atoms with E-state index in [2.05, 4.69) is 10.3 Å². The van der Waals surface area contributed by atoms with E-state index in [1.165, 1.54) is 21.6 Å². The molecule has 1 rings (SSSR count). The standard InChI is InChI=1S/C10H12N2O4S2/c13-9(14)5-12-7(10(15)16)6-17-18-8-3-1-2-4-11-8/h1-4,7,12H,5-6H2,(H,13,14)(H,15,16)/t7-/m1/s1. The molecule has 0 aliphatic rings. The molecule has 98 valence electrons. The van der Waals surface area contributed by atoms with E-state index in [-0.39, 0.29) is 12.3 Å². The zero-order chi connectivity index (χ0) is 13.4. The van der Waals surface area contributed by atoms with E-state index in [1.54, 1.807) is 12.3 Å². The Morgan fingerprint density at radius 1 is 1.39 bits per heavy atom. The molecule has 0 saturated heterocycles. The second-order valence-corrected chi connectivity index (χ2v) is 5.56. The zero-order valence-electron chi connectivity index (χ0n) is 9.28. The summed E-state index contributed by atoms with van der Waals surface area (Å²) in [7, 11) is 2.67. The number of pyridine rings is 1. The maximum absolute atomic E-state index is 10.9. The zero-order valence-corrected chi connectivity index (χ0v) is 10.9. The van der Waals surface area contributed by atoms with Gasteiger partial charge in [0.05, 0.1) is 6.54 Å². The summed E-state index contributed by atoms with van der Waals surface area (Å²) in [4.78, 5) is 25.3. The predicted molar refractivity (Wildman–Crippen MR) is 69.6 cm³/mol. The van der Waals surface area contributed by atoms with Gasteiger partial charge in [-0.15, -0.1) is 0 Å². The van der Waals surface area contributed by atoms with E-state index in [1.807, 2.05) is 12.1 Å². The molecule has 8 heteroatoms. The molecule has 18 heavy (non-hydrogen) atoms. The number of carbonyl (C=O) groups is 2. The quantitative estimate of drug-likeness (QED) is 0.608. The molecule has 0 saturated carbocycles. The minimum atomic E-state index is -1.08. The molecular weight excluding hydrogens is 276 g/mol. The lowest BCUT2D eigenvalue weighted by Gasteiger charge is -2.11. The van der Waals surface area contributed by atoms with Crippen molar-refractivity contribution < 1.29 is 19.8 Å². The van der Waals surface area contributed by atoms with Gasteiger partial charge in [0.25, 0.3) is 0 Å². The van der Waals surface area contributed by atoms with Gasteiger partial charge in [-0.3, -0.25) is 14.9 Å². The summed E-state index contributed by atoms with van der Waals surface area (Å²) in [5, 5.41) is 20.6. The number of hydrogen-bond donors (Lipinski definition) is 3. The van der Waals surface area contributed by atoms with E-state index < -0.39 is 18.0 Å². The molecule has 0 radical (unpaired) electrons. The lowest BCUT2D eigenvalue weighted by Crippen LogP contribution is -2.41. The van der Waals surface area contributed by atoms with Crippen LogP contribution in [0.25, 0.3) is 0 Å². The van der Waals surface area contributed by atoms with Gasteiger partial charge in [-0.05, 0) is 22.9 Å². The van der Waals surface area contributed by atoms with Crippen molar-refractivity contribution in [1.29, 1.82) is 0 Å². The first-order chi connectivity index (χ1) is 8.59. The van der Waals surface area contributed by atoms with Crippen molar-refractivity contribution in [1.82, 2.24) is 10.3 Å². The Bertz CT molecular complexity index is 402. The Kier molecular flexibility index (Phi) is 6.55. The number of hydrogen-bond acceptors (Lipinski definition) is 6. The molecule has 1 atom stereocenters. The fourth-order valence-electron chi connectivity index (χ4n) is 0.987. The van der Waals surface area contributed by atoms with Gasteiger partial charge >= 0.3 is 11.9 Å². The summed E-state index contributed by atoms with van der Waals surface area (Å²) in [6, 6.07) is 4.57. The first-order valence-corrected chi connectivity index (χ1v) is 7.30. The molecule has 6 nitrogen and oxygen atoms in total. The smallest absolute Gasteiger partial charge is 0.321 e. The first kappa shape index (κ1) is 14.8. The number of rotatable bonds is 8. The number of aromatic nitrogens is 1. The highest BCUT2D eigenvalue weighted by Gasteiger charge is 2.18. The summed E-state index contributed by atoms with van der Waals surface area (Å²) in [6.45, 7) is -0.369. The third-order valence-corrected chi connectivity index (χ3v) is 4.09. The van der Waals surface area contributed by atoms with Gasteiger partial charge in [-0.2, -0.15) is 0 Å². The second-order valence-electron chi connectivity index (χ2n) is 3.20. The van der Waals surface area contributed by atoms with Crippen molar-refractivity contribution >= 4 is 33.5 Å². The number of aliphatic carboxylic acids is 2. The predicted octanol–water partition coefficient (Wildman–Crippen LogP) is 0.949. The van der Waals surface area contributed by atoms with Crippen LogP contribution >= 0.6 is 21.6 Å². The van der Waals surface area contributed by atoms with Crippen LogP contribution in [0.3, 0.4) is 0 Å². The van der Waals surface area contributed by atoms with E-state index in [0.717, 1.165) is 5.03 Å². The first-order valence-electron chi connectivity index (χ1n) is 4.98. The third kappa shape index (κ3) is 5.89. The Morgan fingerprint density at radius 2 is 2.17 bits per heavy atom. The van der Waals surface area contributed by atoms with Crippen LogP contribution in [0.4, 0.5) is 0 Å². The van der Waals surface area contributed by atoms with E-state index in [4.69, 9.17) is 10.2 Å². The average molecular weight is 288 g/mol. The van der Waals surface area contributed by atoms with Crippen molar-refractivity contribution in [2.45, 2.75) is 11.1 Å². The molecule has 0 amide bonds. The van der Waals surface area contributed by atoms with Gasteiger partial charge in [-0.1, -0.05) is 16.9 Å². The second kappa shape index (κ2) is 7.96. The molecule has 0 fully saturated rings. The highest BCUT2D eigenvalue weighted by molar-refractivity contribution is 8.76. The maximum Gasteiger partial charge on any atom is 0.321 e. The SMILES string of the molecule is O=C(O)CN[C@H](CSSc1ccccn1)C(=O)O. The third-order valence-electron chi connectivity index (χ3n) is 1.81. The van der Waals surface area contributed by atoms with Crippen molar-refractivity contribution in [3.63, 3.8) is 0 Å². The van der Waals surface area contributed by atoms with Crippen LogP contribution in [0.1, 0.15) is 0 Å². The minimum Gasteiger partial charge on any atom is -0.480 e. The van der Waals surface area contributed by atoms with Gasteiger partial charge in [0, 0.05) is 11.9 Å². The highest BCUT2D eigenvalue weighted by Crippen LogP contribution is 2.29. The molecule has 0 unspecified atom stereocenters. The van der Waals surface area contributed by atoms with Crippen molar-refractivity contribution in [3.8, 4) is 0 Å². The van der Waals surface area contributed by atoms with E-state index in [9.17, 15) is 9.59 Å².